The number of fused-ring (bicyclic) bond motifs is 3. The Kier molecular flexibility index (Phi) is 3.99. The third-order valence-electron chi connectivity index (χ3n) is 6.42. The summed E-state index contributed by atoms with van der Waals surface area (Å²) in [6.07, 6.45) is 5.27. The molecule has 4 aromatic rings. The molecule has 4 nitrogen and oxygen atoms in total. The van der Waals surface area contributed by atoms with Gasteiger partial charge in [-0.2, -0.15) is 0 Å². The van der Waals surface area contributed by atoms with Crippen LogP contribution in [-0.2, 0) is 6.42 Å². The van der Waals surface area contributed by atoms with Crippen molar-refractivity contribution in [3.8, 4) is 33.5 Å². The normalized spacial score (nSPS) is 17.1. The molecule has 30 heavy (non-hydrogen) atoms. The van der Waals surface area contributed by atoms with E-state index >= 15 is 0 Å². The molecule has 2 aliphatic rings. The van der Waals surface area contributed by atoms with Crippen molar-refractivity contribution in [2.75, 3.05) is 12.3 Å². The standard InChI is InChI=1S/C26H24N4/c27-21-8-10-23-20(14-21)13-19-12-18(7-9-22(19)23)16-3-5-17(6-4-16)25-15-29-26(30-25)24-2-1-11-28-24/h3-10,12,14-15,24,28H,1-2,11,13,27H2,(H,29,30)/t24-/m0/s1. The van der Waals surface area contributed by atoms with E-state index in [-0.39, 0.29) is 0 Å². The number of nitrogens with two attached hydrogens (primary N) is 1. The van der Waals surface area contributed by atoms with Gasteiger partial charge in [-0.25, -0.2) is 4.98 Å². The van der Waals surface area contributed by atoms with Crippen LogP contribution < -0.4 is 11.1 Å². The molecule has 1 fully saturated rings. The molecule has 1 aliphatic heterocycles. The quantitative estimate of drug-likeness (QED) is 0.364. The smallest absolute Gasteiger partial charge is 0.123 e. The maximum Gasteiger partial charge on any atom is 0.123 e. The second-order valence-electron chi connectivity index (χ2n) is 8.37. The van der Waals surface area contributed by atoms with Crippen molar-refractivity contribution in [1.29, 1.82) is 0 Å². The van der Waals surface area contributed by atoms with Crippen LogP contribution >= 0.6 is 0 Å². The van der Waals surface area contributed by atoms with Crippen LogP contribution in [0.1, 0.15) is 35.8 Å². The molecule has 4 heteroatoms. The zero-order chi connectivity index (χ0) is 20.1. The van der Waals surface area contributed by atoms with Crippen molar-refractivity contribution in [3.63, 3.8) is 0 Å². The summed E-state index contributed by atoms with van der Waals surface area (Å²) in [4.78, 5) is 8.09. The van der Waals surface area contributed by atoms with E-state index in [1.54, 1.807) is 0 Å². The number of nitrogens with one attached hydrogen (secondary N) is 2. The Balaban J connectivity index is 1.26. The summed E-state index contributed by atoms with van der Waals surface area (Å²) in [5, 5.41) is 3.50. The van der Waals surface area contributed by atoms with E-state index < -0.39 is 0 Å². The minimum atomic E-state index is 0.365. The Hall–Kier alpha value is -3.37. The SMILES string of the molecule is Nc1ccc2c(c1)Cc1cc(-c3ccc(-c4cnc([C@@H]5CCCN5)[nH]4)cc3)ccc1-2. The van der Waals surface area contributed by atoms with Crippen molar-refractivity contribution in [2.24, 2.45) is 0 Å². The second-order valence-corrected chi connectivity index (χ2v) is 8.37. The van der Waals surface area contributed by atoms with Crippen LogP contribution in [0.4, 0.5) is 5.69 Å². The highest BCUT2D eigenvalue weighted by Gasteiger charge is 2.20. The van der Waals surface area contributed by atoms with Gasteiger partial charge < -0.3 is 16.0 Å². The number of benzene rings is 3. The Morgan fingerprint density at radius 2 is 1.57 bits per heavy atom. The zero-order valence-electron chi connectivity index (χ0n) is 16.8. The van der Waals surface area contributed by atoms with Crippen LogP contribution in [0.15, 0.2) is 66.9 Å². The van der Waals surface area contributed by atoms with Gasteiger partial charge in [0.1, 0.15) is 5.82 Å². The van der Waals surface area contributed by atoms with Crippen molar-refractivity contribution in [3.05, 3.63) is 83.8 Å². The molecular weight excluding hydrogens is 368 g/mol. The number of nitrogens with zero attached hydrogens (tertiary/aromatic N) is 1. The summed E-state index contributed by atoms with van der Waals surface area (Å²) in [5.74, 6) is 1.05. The fraction of sp³-hybridized carbons (Fsp3) is 0.192. The number of rotatable bonds is 3. The maximum absolute atomic E-state index is 5.98. The van der Waals surface area contributed by atoms with E-state index in [1.807, 2.05) is 12.3 Å². The lowest BCUT2D eigenvalue weighted by atomic mass is 9.98. The third kappa shape index (κ3) is 2.92. The molecular formula is C26H24N4. The average Bonchev–Trinajstić information content (AvgIpc) is 3.51. The monoisotopic (exact) mass is 392 g/mol. The molecule has 0 radical (unpaired) electrons. The highest BCUT2D eigenvalue weighted by Crippen LogP contribution is 2.39. The number of aromatic amines is 1. The van der Waals surface area contributed by atoms with Gasteiger partial charge in [-0.05, 0) is 76.9 Å². The zero-order valence-corrected chi connectivity index (χ0v) is 16.8. The number of hydrogen-bond donors (Lipinski definition) is 3. The largest absolute Gasteiger partial charge is 0.399 e. The van der Waals surface area contributed by atoms with Gasteiger partial charge in [0.05, 0.1) is 17.9 Å². The summed E-state index contributed by atoms with van der Waals surface area (Å²) in [5.41, 5.74) is 16.9. The summed E-state index contributed by atoms with van der Waals surface area (Å²) in [7, 11) is 0. The molecule has 1 aliphatic carbocycles. The first kappa shape index (κ1) is 17.5. The first-order valence-corrected chi connectivity index (χ1v) is 10.7. The van der Waals surface area contributed by atoms with Crippen LogP contribution in [0.3, 0.4) is 0 Å². The molecule has 0 unspecified atom stereocenters. The molecule has 2 heterocycles. The summed E-state index contributed by atoms with van der Waals surface area (Å²) in [6, 6.07) is 22.1. The first-order valence-electron chi connectivity index (χ1n) is 10.7. The van der Waals surface area contributed by atoms with E-state index in [9.17, 15) is 0 Å². The van der Waals surface area contributed by atoms with E-state index in [0.717, 1.165) is 36.6 Å². The van der Waals surface area contributed by atoms with Gasteiger partial charge in [-0.15, -0.1) is 0 Å². The second kappa shape index (κ2) is 6.85. The fourth-order valence-corrected chi connectivity index (χ4v) is 4.83. The summed E-state index contributed by atoms with van der Waals surface area (Å²) >= 11 is 0. The molecule has 148 valence electrons. The number of H-pyrrole nitrogens is 1. The number of nitrogen functional groups attached to an aromatic ring is 1. The highest BCUT2D eigenvalue weighted by atomic mass is 15.0. The molecule has 0 saturated carbocycles. The van der Waals surface area contributed by atoms with Crippen molar-refractivity contribution in [1.82, 2.24) is 15.3 Å². The van der Waals surface area contributed by atoms with Crippen LogP contribution in [-0.4, -0.2) is 16.5 Å². The Labute approximate surface area is 176 Å². The van der Waals surface area contributed by atoms with Crippen LogP contribution in [0.2, 0.25) is 0 Å². The number of imidazole rings is 1. The van der Waals surface area contributed by atoms with Gasteiger partial charge >= 0.3 is 0 Å². The van der Waals surface area contributed by atoms with E-state index in [0.29, 0.717) is 6.04 Å². The number of aromatic nitrogens is 2. The van der Waals surface area contributed by atoms with Gasteiger partial charge in [0.2, 0.25) is 0 Å². The number of hydrogen-bond acceptors (Lipinski definition) is 3. The van der Waals surface area contributed by atoms with Crippen LogP contribution in [0.25, 0.3) is 33.5 Å². The molecule has 1 saturated heterocycles. The Morgan fingerprint density at radius 3 is 2.37 bits per heavy atom. The molecule has 0 amide bonds. The summed E-state index contributed by atoms with van der Waals surface area (Å²) < 4.78 is 0. The van der Waals surface area contributed by atoms with E-state index in [4.69, 9.17) is 5.73 Å². The topological polar surface area (TPSA) is 66.7 Å². The van der Waals surface area contributed by atoms with E-state index in [2.05, 4.69) is 69.9 Å². The molecule has 1 atom stereocenters. The van der Waals surface area contributed by atoms with Gasteiger partial charge in [0.15, 0.2) is 0 Å². The van der Waals surface area contributed by atoms with Gasteiger partial charge in [0, 0.05) is 5.69 Å². The lowest BCUT2D eigenvalue weighted by Crippen LogP contribution is -2.14. The number of anilines is 1. The highest BCUT2D eigenvalue weighted by molar-refractivity contribution is 5.81. The minimum absolute atomic E-state index is 0.365. The lowest BCUT2D eigenvalue weighted by Gasteiger charge is -2.07. The summed E-state index contributed by atoms with van der Waals surface area (Å²) in [6.45, 7) is 1.08. The predicted octanol–water partition coefficient (Wildman–Crippen LogP) is 5.32. The van der Waals surface area contributed by atoms with E-state index in [1.165, 1.54) is 45.4 Å². The lowest BCUT2D eigenvalue weighted by molar-refractivity contribution is 0.613. The van der Waals surface area contributed by atoms with Crippen LogP contribution in [0, 0.1) is 0 Å². The molecule has 4 N–H and O–H groups in total. The third-order valence-corrected chi connectivity index (χ3v) is 6.42. The van der Waals surface area contributed by atoms with Crippen molar-refractivity contribution in [2.45, 2.75) is 25.3 Å². The first-order chi connectivity index (χ1) is 14.7. The molecule has 0 bridgehead atoms. The molecule has 3 aromatic carbocycles. The van der Waals surface area contributed by atoms with Gasteiger partial charge in [-0.3, -0.25) is 0 Å². The molecule has 1 aromatic heterocycles. The van der Waals surface area contributed by atoms with Crippen LogP contribution in [0.5, 0.6) is 0 Å². The Bertz CT molecular complexity index is 1230. The average molecular weight is 393 g/mol. The molecule has 6 rings (SSSR count). The predicted molar refractivity (Wildman–Crippen MR) is 122 cm³/mol. The minimum Gasteiger partial charge on any atom is -0.399 e. The molecule has 0 spiro atoms. The van der Waals surface area contributed by atoms with Crippen molar-refractivity contribution >= 4 is 5.69 Å². The fourth-order valence-electron chi connectivity index (χ4n) is 4.83. The van der Waals surface area contributed by atoms with Gasteiger partial charge in [0.25, 0.3) is 0 Å². The van der Waals surface area contributed by atoms with Crippen molar-refractivity contribution < 1.29 is 0 Å². The Morgan fingerprint density at radius 1 is 0.833 bits per heavy atom. The van der Waals surface area contributed by atoms with Gasteiger partial charge in [-0.1, -0.05) is 48.5 Å². The maximum atomic E-state index is 5.98.